The maximum atomic E-state index is 10.1. The van der Waals surface area contributed by atoms with E-state index < -0.39 is 5.97 Å². The van der Waals surface area contributed by atoms with Gasteiger partial charge in [0, 0.05) is 6.08 Å². The quantitative estimate of drug-likeness (QED) is 0.329. The first-order valence-electron chi connectivity index (χ1n) is 3.75. The Bertz CT molecular complexity index is 362. The molecule has 6 heteroatoms. The molecule has 0 aliphatic rings. The zero-order valence-corrected chi connectivity index (χ0v) is 8.58. The van der Waals surface area contributed by atoms with E-state index in [0.717, 1.165) is 6.08 Å². The maximum absolute atomic E-state index is 10.1. The number of carbonyl (C=O) groups is 1. The second-order valence-electron chi connectivity index (χ2n) is 2.42. The summed E-state index contributed by atoms with van der Waals surface area (Å²) in [5.74, 6) is -1.56. The zero-order valence-electron chi connectivity index (χ0n) is 7.58. The molecule has 15 heavy (non-hydrogen) atoms. The lowest BCUT2D eigenvalue weighted by Gasteiger charge is -1.97. The molecule has 1 aromatic rings. The highest BCUT2D eigenvalue weighted by Gasteiger charge is 1.97. The van der Waals surface area contributed by atoms with Crippen molar-refractivity contribution in [2.45, 2.75) is 0 Å². The van der Waals surface area contributed by atoms with E-state index in [2.05, 4.69) is 0 Å². The van der Waals surface area contributed by atoms with E-state index >= 15 is 0 Å². The van der Waals surface area contributed by atoms with Gasteiger partial charge in [0.25, 0.3) is 0 Å². The van der Waals surface area contributed by atoms with Gasteiger partial charge in [-0.2, -0.15) is 0 Å². The second kappa shape index (κ2) is 6.63. The van der Waals surface area contributed by atoms with Gasteiger partial charge in [0.2, 0.25) is 10.5 Å². The molecule has 0 aliphatic carbocycles. The van der Waals surface area contributed by atoms with Crippen molar-refractivity contribution in [2.75, 3.05) is 0 Å². The monoisotopic (exact) mass is 225 g/mol. The predicted molar refractivity (Wildman–Crippen MR) is 54.4 cm³/mol. The Labute approximate surface area is 89.5 Å². The standard InChI is InChI=1S/C9H8O4.HOSi/c10-7-3-1-6(5-8(7)11)2-4-9(12)13;1-2/h1-5,10-11H,(H,12,13);1H. The summed E-state index contributed by atoms with van der Waals surface area (Å²) in [6, 6.07) is 4.06. The lowest BCUT2D eigenvalue weighted by Crippen LogP contribution is -1.85. The molecular weight excluding hydrogens is 216 g/mol. The van der Waals surface area contributed by atoms with Crippen LogP contribution in [-0.4, -0.2) is 36.6 Å². The van der Waals surface area contributed by atoms with Crippen LogP contribution in [0.2, 0.25) is 0 Å². The lowest BCUT2D eigenvalue weighted by atomic mass is 10.2. The molecule has 0 unspecified atom stereocenters. The third kappa shape index (κ3) is 4.84. The Kier molecular flexibility index (Phi) is 5.84. The Morgan fingerprint density at radius 1 is 1.20 bits per heavy atom. The van der Waals surface area contributed by atoms with Crippen LogP contribution in [0.4, 0.5) is 0 Å². The minimum Gasteiger partial charge on any atom is -0.504 e. The third-order valence-corrected chi connectivity index (χ3v) is 1.42. The number of aromatic hydroxyl groups is 2. The van der Waals surface area contributed by atoms with Crippen LogP contribution in [0, 0.1) is 0 Å². The largest absolute Gasteiger partial charge is 0.504 e. The van der Waals surface area contributed by atoms with Crippen LogP contribution in [0.1, 0.15) is 5.56 Å². The highest BCUT2D eigenvalue weighted by Crippen LogP contribution is 2.25. The van der Waals surface area contributed by atoms with E-state index in [1.54, 1.807) is 0 Å². The van der Waals surface area contributed by atoms with Crippen LogP contribution >= 0.6 is 0 Å². The summed E-state index contributed by atoms with van der Waals surface area (Å²) < 4.78 is 0. The molecule has 0 heterocycles. The molecule has 0 saturated carbocycles. The number of carboxylic acid groups (broad SMARTS) is 1. The topological polar surface area (TPSA) is 98.0 Å². The SMILES string of the molecule is O=C(O)C=Cc1ccc(O)c(O)c1.O[Si]. The van der Waals surface area contributed by atoms with Crippen molar-refractivity contribution in [1.82, 2.24) is 0 Å². The molecule has 0 spiro atoms. The number of benzene rings is 1. The molecule has 0 aliphatic heterocycles. The molecule has 4 N–H and O–H groups in total. The van der Waals surface area contributed by atoms with Crippen LogP contribution in [0.5, 0.6) is 11.5 Å². The smallest absolute Gasteiger partial charge is 0.328 e. The fourth-order valence-corrected chi connectivity index (χ4v) is 0.812. The molecule has 3 radical (unpaired) electrons. The third-order valence-electron chi connectivity index (χ3n) is 1.42. The van der Waals surface area contributed by atoms with Crippen molar-refractivity contribution in [3.63, 3.8) is 0 Å². The van der Waals surface area contributed by atoms with Crippen molar-refractivity contribution in [3.8, 4) is 11.5 Å². The van der Waals surface area contributed by atoms with Crippen molar-refractivity contribution in [3.05, 3.63) is 29.8 Å². The zero-order chi connectivity index (χ0) is 11.8. The molecule has 5 nitrogen and oxygen atoms in total. The first-order valence-corrected chi connectivity index (χ1v) is 4.19. The Morgan fingerprint density at radius 3 is 2.27 bits per heavy atom. The molecule has 0 atom stereocenters. The molecule has 0 aromatic heterocycles. The predicted octanol–water partition coefficient (Wildman–Crippen LogP) is 0.258. The fourth-order valence-electron chi connectivity index (χ4n) is 0.812. The summed E-state index contributed by atoms with van der Waals surface area (Å²) in [6.45, 7) is 0. The molecule has 0 bridgehead atoms. The van der Waals surface area contributed by atoms with Gasteiger partial charge >= 0.3 is 5.97 Å². The fraction of sp³-hybridized carbons (Fsp3) is 0. The van der Waals surface area contributed by atoms with E-state index in [1.807, 2.05) is 10.5 Å². The van der Waals surface area contributed by atoms with E-state index in [0.29, 0.717) is 5.56 Å². The van der Waals surface area contributed by atoms with Crippen LogP contribution in [0.15, 0.2) is 24.3 Å². The van der Waals surface area contributed by atoms with Crippen molar-refractivity contribution < 1.29 is 24.9 Å². The molecular formula is C9H9O5Si. The summed E-state index contributed by atoms with van der Waals surface area (Å²) in [7, 11) is 1.97. The van der Waals surface area contributed by atoms with Crippen molar-refractivity contribution in [1.29, 1.82) is 0 Å². The number of aliphatic carboxylic acids is 1. The number of rotatable bonds is 2. The number of phenols is 2. The van der Waals surface area contributed by atoms with Gasteiger partial charge in [-0.3, -0.25) is 0 Å². The van der Waals surface area contributed by atoms with Gasteiger partial charge in [0.15, 0.2) is 11.5 Å². The number of phenolic OH excluding ortho intramolecular Hbond substituents is 2. The minimum absolute atomic E-state index is 0.229. The summed E-state index contributed by atoms with van der Waals surface area (Å²) >= 11 is 0. The van der Waals surface area contributed by atoms with Gasteiger partial charge in [0.1, 0.15) is 0 Å². The van der Waals surface area contributed by atoms with Crippen molar-refractivity contribution in [2.24, 2.45) is 0 Å². The molecule has 0 fully saturated rings. The summed E-state index contributed by atoms with van der Waals surface area (Å²) in [4.78, 5) is 16.9. The highest BCUT2D eigenvalue weighted by atomic mass is 28.2. The van der Waals surface area contributed by atoms with Crippen molar-refractivity contribution >= 4 is 22.5 Å². The Balaban J connectivity index is 0.000000921. The summed E-state index contributed by atoms with van der Waals surface area (Å²) in [5.41, 5.74) is 0.512. The van der Waals surface area contributed by atoms with E-state index in [1.165, 1.54) is 24.3 Å². The summed E-state index contributed by atoms with van der Waals surface area (Å²) in [6.07, 6.45) is 2.27. The number of carboxylic acids is 1. The van der Waals surface area contributed by atoms with Gasteiger partial charge in [-0.05, 0) is 23.8 Å². The highest BCUT2D eigenvalue weighted by molar-refractivity contribution is 5.95. The minimum atomic E-state index is -1.06. The average Bonchev–Trinajstić information content (AvgIpc) is 2.23. The molecule has 79 valence electrons. The second-order valence-corrected chi connectivity index (χ2v) is 2.42. The number of hydrogen-bond acceptors (Lipinski definition) is 4. The van der Waals surface area contributed by atoms with Crippen LogP contribution < -0.4 is 0 Å². The maximum Gasteiger partial charge on any atom is 0.328 e. The lowest BCUT2D eigenvalue weighted by molar-refractivity contribution is -0.131. The van der Waals surface area contributed by atoms with Gasteiger partial charge in [-0.15, -0.1) is 0 Å². The van der Waals surface area contributed by atoms with E-state index in [4.69, 9.17) is 20.1 Å². The Morgan fingerprint density at radius 2 is 1.80 bits per heavy atom. The molecule has 1 rings (SSSR count). The summed E-state index contributed by atoms with van der Waals surface area (Å²) in [5, 5.41) is 26.3. The molecule has 0 amide bonds. The van der Waals surface area contributed by atoms with Crippen LogP contribution in [-0.2, 0) is 4.79 Å². The van der Waals surface area contributed by atoms with E-state index in [9.17, 15) is 4.79 Å². The molecule has 0 saturated heterocycles. The average molecular weight is 225 g/mol. The van der Waals surface area contributed by atoms with Crippen LogP contribution in [0.3, 0.4) is 0 Å². The number of hydrogen-bond donors (Lipinski definition) is 4. The van der Waals surface area contributed by atoms with Gasteiger partial charge in [-0.1, -0.05) is 6.07 Å². The van der Waals surface area contributed by atoms with Gasteiger partial charge in [-0.25, -0.2) is 4.79 Å². The van der Waals surface area contributed by atoms with Gasteiger partial charge in [0.05, 0.1) is 0 Å². The Hall–Kier alpha value is -1.79. The van der Waals surface area contributed by atoms with Crippen LogP contribution in [0.25, 0.3) is 6.08 Å². The first-order chi connectivity index (χ1) is 7.09. The van der Waals surface area contributed by atoms with Gasteiger partial charge < -0.3 is 20.1 Å². The molecule has 1 aromatic carbocycles. The first kappa shape index (κ1) is 13.2. The van der Waals surface area contributed by atoms with E-state index in [-0.39, 0.29) is 11.5 Å². The normalized spacial score (nSPS) is 9.47.